The molecule has 1 aliphatic rings. The number of aromatic nitrogens is 3. The molecule has 0 bridgehead atoms. The Morgan fingerprint density at radius 1 is 1.38 bits per heavy atom. The molecule has 1 fully saturated rings. The van der Waals surface area contributed by atoms with E-state index in [0.29, 0.717) is 29.7 Å². The van der Waals surface area contributed by atoms with Gasteiger partial charge in [-0.1, -0.05) is 6.92 Å². The van der Waals surface area contributed by atoms with Gasteiger partial charge in [-0.2, -0.15) is 9.40 Å². The van der Waals surface area contributed by atoms with Gasteiger partial charge in [0.1, 0.15) is 4.90 Å². The van der Waals surface area contributed by atoms with Gasteiger partial charge in [0, 0.05) is 31.7 Å². The number of aliphatic carboxylic acids is 1. The van der Waals surface area contributed by atoms with Crippen LogP contribution in [0, 0.1) is 18.8 Å². The summed E-state index contributed by atoms with van der Waals surface area (Å²) in [6.07, 6.45) is 1.80. The molecule has 0 saturated carbocycles. The minimum Gasteiger partial charge on any atom is -0.481 e. The topological polar surface area (TPSA) is 105 Å². The summed E-state index contributed by atoms with van der Waals surface area (Å²) in [5, 5.41) is 14.2. The second-order valence-electron chi connectivity index (χ2n) is 6.45. The molecule has 1 saturated heterocycles. The Kier molecular flexibility index (Phi) is 4.08. The Labute approximate surface area is 140 Å². The first-order valence-electron chi connectivity index (χ1n) is 7.72. The van der Waals surface area contributed by atoms with Crippen molar-refractivity contribution in [1.29, 1.82) is 0 Å². The molecule has 0 spiro atoms. The van der Waals surface area contributed by atoms with Crippen molar-refractivity contribution in [1.82, 2.24) is 19.1 Å². The van der Waals surface area contributed by atoms with Gasteiger partial charge in [-0.25, -0.2) is 13.4 Å². The second kappa shape index (κ2) is 5.82. The van der Waals surface area contributed by atoms with Crippen molar-refractivity contribution < 1.29 is 18.3 Å². The van der Waals surface area contributed by atoms with Crippen LogP contribution in [-0.2, 0) is 21.9 Å². The minimum atomic E-state index is -3.79. The zero-order valence-corrected chi connectivity index (χ0v) is 14.6. The average Bonchev–Trinajstić information content (AvgIpc) is 2.81. The number of nitrogens with zero attached hydrogens (tertiary/aromatic N) is 4. The molecule has 2 unspecified atom stereocenters. The van der Waals surface area contributed by atoms with E-state index in [0.717, 1.165) is 0 Å². The maximum absolute atomic E-state index is 12.9. The van der Waals surface area contributed by atoms with Gasteiger partial charge < -0.3 is 5.11 Å². The molecule has 3 rings (SSSR count). The number of piperidine rings is 1. The summed E-state index contributed by atoms with van der Waals surface area (Å²) in [7, 11) is -2.04. The summed E-state index contributed by atoms with van der Waals surface area (Å²) in [5.74, 6) is -1.65. The van der Waals surface area contributed by atoms with Crippen molar-refractivity contribution in [3.05, 3.63) is 18.0 Å². The van der Waals surface area contributed by atoms with Gasteiger partial charge >= 0.3 is 5.97 Å². The van der Waals surface area contributed by atoms with Crippen molar-refractivity contribution in [2.75, 3.05) is 13.1 Å². The second-order valence-corrected chi connectivity index (χ2v) is 8.39. The Morgan fingerprint density at radius 2 is 2.08 bits per heavy atom. The largest absolute Gasteiger partial charge is 0.481 e. The van der Waals surface area contributed by atoms with E-state index < -0.39 is 21.9 Å². The average molecular weight is 352 g/mol. The van der Waals surface area contributed by atoms with E-state index in [1.165, 1.54) is 10.5 Å². The highest BCUT2D eigenvalue weighted by Gasteiger charge is 2.36. The smallest absolute Gasteiger partial charge is 0.307 e. The molecule has 1 N–H and O–H groups in total. The lowest BCUT2D eigenvalue weighted by Crippen LogP contribution is -2.45. The van der Waals surface area contributed by atoms with Gasteiger partial charge in [0.05, 0.1) is 11.6 Å². The fourth-order valence-corrected chi connectivity index (χ4v) is 4.83. The number of carboxylic acids is 1. The monoisotopic (exact) mass is 352 g/mol. The molecule has 0 aromatic carbocycles. The highest BCUT2D eigenvalue weighted by molar-refractivity contribution is 7.89. The third kappa shape index (κ3) is 2.78. The maximum Gasteiger partial charge on any atom is 0.307 e. The molecule has 8 nitrogen and oxygen atoms in total. The SMILES string of the molecule is Cc1nn(C)c2ncc(S(=O)(=O)N3CC(C)CC(C(=O)O)C3)cc12. The number of carboxylic acid groups (broad SMARTS) is 1. The van der Waals surface area contributed by atoms with Crippen molar-refractivity contribution in [2.45, 2.75) is 25.2 Å². The van der Waals surface area contributed by atoms with E-state index in [9.17, 15) is 18.3 Å². The molecule has 0 radical (unpaired) electrons. The van der Waals surface area contributed by atoms with Crippen molar-refractivity contribution in [3.8, 4) is 0 Å². The van der Waals surface area contributed by atoms with Gasteiger partial charge in [-0.15, -0.1) is 0 Å². The van der Waals surface area contributed by atoms with Crippen LogP contribution in [0.15, 0.2) is 17.2 Å². The van der Waals surface area contributed by atoms with Crippen LogP contribution >= 0.6 is 0 Å². The van der Waals surface area contributed by atoms with Crippen LogP contribution in [0.1, 0.15) is 19.0 Å². The number of aryl methyl sites for hydroxylation is 2. The van der Waals surface area contributed by atoms with E-state index in [1.54, 1.807) is 24.7 Å². The maximum atomic E-state index is 12.9. The van der Waals surface area contributed by atoms with E-state index >= 15 is 0 Å². The fourth-order valence-electron chi connectivity index (χ4n) is 3.26. The standard InChI is InChI=1S/C15H20N4O4S/c1-9-4-11(15(20)21)8-19(7-9)24(22,23)12-5-13-10(2)17-18(3)14(13)16-6-12/h5-6,9,11H,4,7-8H2,1-3H3,(H,20,21). The van der Waals surface area contributed by atoms with E-state index in [1.807, 2.05) is 6.92 Å². The number of carbonyl (C=O) groups is 1. The van der Waals surface area contributed by atoms with Crippen LogP contribution < -0.4 is 0 Å². The summed E-state index contributed by atoms with van der Waals surface area (Å²) in [4.78, 5) is 15.6. The first-order valence-corrected chi connectivity index (χ1v) is 9.16. The normalized spacial score (nSPS) is 22.8. The molecule has 24 heavy (non-hydrogen) atoms. The lowest BCUT2D eigenvalue weighted by molar-refractivity contribution is -0.143. The van der Waals surface area contributed by atoms with Crippen molar-refractivity contribution in [3.63, 3.8) is 0 Å². The molecule has 2 aromatic heterocycles. The van der Waals surface area contributed by atoms with Crippen LogP contribution in [0.25, 0.3) is 11.0 Å². The molecule has 3 heterocycles. The number of fused-ring (bicyclic) bond motifs is 1. The Bertz CT molecular complexity index is 906. The summed E-state index contributed by atoms with van der Waals surface area (Å²) < 4.78 is 28.7. The summed E-state index contributed by atoms with van der Waals surface area (Å²) in [5.41, 5.74) is 1.31. The molecule has 9 heteroatoms. The zero-order chi connectivity index (χ0) is 17.6. The highest BCUT2D eigenvalue weighted by Crippen LogP contribution is 2.28. The summed E-state index contributed by atoms with van der Waals surface area (Å²) in [6.45, 7) is 3.97. The van der Waals surface area contributed by atoms with Crippen LogP contribution in [0.2, 0.25) is 0 Å². The van der Waals surface area contributed by atoms with Crippen LogP contribution in [0.4, 0.5) is 0 Å². The summed E-state index contributed by atoms with van der Waals surface area (Å²) in [6, 6.07) is 1.56. The minimum absolute atomic E-state index is 0.00787. The predicted octanol–water partition coefficient (Wildman–Crippen LogP) is 1.01. The van der Waals surface area contributed by atoms with E-state index in [-0.39, 0.29) is 17.4 Å². The third-order valence-electron chi connectivity index (χ3n) is 4.45. The van der Waals surface area contributed by atoms with Crippen LogP contribution in [-0.4, -0.2) is 51.7 Å². The molecule has 2 atom stereocenters. The quantitative estimate of drug-likeness (QED) is 0.884. The lowest BCUT2D eigenvalue weighted by Gasteiger charge is -2.33. The summed E-state index contributed by atoms with van der Waals surface area (Å²) >= 11 is 0. The van der Waals surface area contributed by atoms with Crippen LogP contribution in [0.3, 0.4) is 0 Å². The van der Waals surface area contributed by atoms with Gasteiger partial charge in [0.25, 0.3) is 0 Å². The molecule has 2 aromatic rings. The molecule has 1 aliphatic heterocycles. The molecule has 0 aliphatic carbocycles. The number of hydrogen-bond acceptors (Lipinski definition) is 5. The first-order chi connectivity index (χ1) is 11.2. The molecular formula is C15H20N4O4S. The first kappa shape index (κ1) is 16.8. The van der Waals surface area contributed by atoms with Gasteiger partial charge in [0.2, 0.25) is 10.0 Å². The predicted molar refractivity (Wildman–Crippen MR) is 86.9 cm³/mol. The molecule has 0 amide bonds. The van der Waals surface area contributed by atoms with Crippen molar-refractivity contribution >= 4 is 27.0 Å². The van der Waals surface area contributed by atoms with Gasteiger partial charge in [0.15, 0.2) is 5.65 Å². The lowest BCUT2D eigenvalue weighted by atomic mass is 9.92. The number of pyridine rings is 1. The number of hydrogen-bond donors (Lipinski definition) is 1. The zero-order valence-electron chi connectivity index (χ0n) is 13.8. The Hall–Kier alpha value is -2.00. The van der Waals surface area contributed by atoms with E-state index in [2.05, 4.69) is 10.1 Å². The molecule has 130 valence electrons. The van der Waals surface area contributed by atoms with Gasteiger partial charge in [-0.3, -0.25) is 9.48 Å². The molecular weight excluding hydrogens is 332 g/mol. The fraction of sp³-hybridized carbons (Fsp3) is 0.533. The number of sulfonamides is 1. The Balaban J connectivity index is 2.00. The Morgan fingerprint density at radius 3 is 2.75 bits per heavy atom. The van der Waals surface area contributed by atoms with Gasteiger partial charge in [-0.05, 0) is 25.3 Å². The van der Waals surface area contributed by atoms with Crippen LogP contribution in [0.5, 0.6) is 0 Å². The number of rotatable bonds is 3. The highest BCUT2D eigenvalue weighted by atomic mass is 32.2. The van der Waals surface area contributed by atoms with E-state index in [4.69, 9.17) is 0 Å². The van der Waals surface area contributed by atoms with Crippen molar-refractivity contribution in [2.24, 2.45) is 18.9 Å². The third-order valence-corrected chi connectivity index (χ3v) is 6.25.